The standard InChI is InChI=1S/C21H22N2O4/c1-12-9-15-13(2)16(10-14-7-5-6-8-17(14)22)20(24)26-19(15)11-18(12)27-21(25)23(3)4/h5-9,11H,10,22H2,1-4H3. The maximum atomic E-state index is 12.6. The molecule has 0 radical (unpaired) electrons. The molecule has 1 aromatic heterocycles. The summed E-state index contributed by atoms with van der Waals surface area (Å²) in [7, 11) is 3.20. The molecule has 0 spiro atoms. The molecule has 0 unspecified atom stereocenters. The Labute approximate surface area is 157 Å². The van der Waals surface area contributed by atoms with Crippen LogP contribution in [0.25, 0.3) is 11.0 Å². The summed E-state index contributed by atoms with van der Waals surface area (Å²) in [6.45, 7) is 3.73. The molecule has 2 N–H and O–H groups in total. The maximum absolute atomic E-state index is 12.6. The van der Waals surface area contributed by atoms with E-state index in [0.29, 0.717) is 29.0 Å². The summed E-state index contributed by atoms with van der Waals surface area (Å²) in [6.07, 6.45) is -0.0969. The first-order valence-electron chi connectivity index (χ1n) is 8.57. The largest absolute Gasteiger partial charge is 0.422 e. The highest BCUT2D eigenvalue weighted by atomic mass is 16.6. The van der Waals surface area contributed by atoms with Crippen LogP contribution in [0.3, 0.4) is 0 Å². The van der Waals surface area contributed by atoms with Crippen molar-refractivity contribution in [2.75, 3.05) is 19.8 Å². The third-order valence-corrected chi connectivity index (χ3v) is 4.57. The predicted octanol–water partition coefficient (Wildman–Crippen LogP) is 3.64. The van der Waals surface area contributed by atoms with Gasteiger partial charge in [0.2, 0.25) is 0 Å². The molecule has 3 rings (SSSR count). The third kappa shape index (κ3) is 3.65. The van der Waals surface area contributed by atoms with Crippen LogP contribution in [0.5, 0.6) is 5.75 Å². The van der Waals surface area contributed by atoms with Crippen LogP contribution in [0, 0.1) is 13.8 Å². The zero-order valence-corrected chi connectivity index (χ0v) is 15.8. The molecule has 0 bridgehead atoms. The Hall–Kier alpha value is -3.28. The quantitative estimate of drug-likeness (QED) is 0.565. The van der Waals surface area contributed by atoms with E-state index in [1.165, 1.54) is 4.90 Å². The van der Waals surface area contributed by atoms with Crippen LogP contribution in [0.2, 0.25) is 0 Å². The molecule has 6 nitrogen and oxygen atoms in total. The van der Waals surface area contributed by atoms with Gasteiger partial charge in [0.25, 0.3) is 0 Å². The van der Waals surface area contributed by atoms with Crippen molar-refractivity contribution in [1.82, 2.24) is 4.90 Å². The van der Waals surface area contributed by atoms with Gasteiger partial charge in [-0.15, -0.1) is 0 Å². The number of rotatable bonds is 3. The lowest BCUT2D eigenvalue weighted by Gasteiger charge is -2.14. The summed E-state index contributed by atoms with van der Waals surface area (Å²) in [5.41, 5.74) is 9.66. The highest BCUT2D eigenvalue weighted by molar-refractivity contribution is 5.84. The SMILES string of the molecule is Cc1cc2c(C)c(Cc3ccccc3N)c(=O)oc2cc1OC(=O)N(C)C. The highest BCUT2D eigenvalue weighted by Crippen LogP contribution is 2.29. The van der Waals surface area contributed by atoms with E-state index in [-0.39, 0.29) is 0 Å². The van der Waals surface area contributed by atoms with Gasteiger partial charge in [-0.2, -0.15) is 0 Å². The lowest BCUT2D eigenvalue weighted by Crippen LogP contribution is -2.25. The summed E-state index contributed by atoms with van der Waals surface area (Å²) in [4.78, 5) is 25.7. The maximum Gasteiger partial charge on any atom is 0.414 e. The molecule has 1 heterocycles. The number of fused-ring (bicyclic) bond motifs is 1. The van der Waals surface area contributed by atoms with Crippen molar-refractivity contribution >= 4 is 22.7 Å². The van der Waals surface area contributed by atoms with E-state index in [1.54, 1.807) is 20.2 Å². The van der Waals surface area contributed by atoms with Crippen molar-refractivity contribution in [3.05, 3.63) is 69.1 Å². The van der Waals surface area contributed by atoms with Crippen molar-refractivity contribution in [3.8, 4) is 5.75 Å². The second kappa shape index (κ2) is 7.15. The van der Waals surface area contributed by atoms with Crippen LogP contribution in [0.1, 0.15) is 22.3 Å². The number of nitrogens with zero attached hydrogens (tertiary/aromatic N) is 1. The average Bonchev–Trinajstić information content (AvgIpc) is 2.61. The summed E-state index contributed by atoms with van der Waals surface area (Å²) in [5, 5.41) is 0.807. The number of ether oxygens (including phenoxy) is 1. The van der Waals surface area contributed by atoms with Gasteiger partial charge in [0.1, 0.15) is 11.3 Å². The molecule has 0 fully saturated rings. The van der Waals surface area contributed by atoms with Crippen LogP contribution < -0.4 is 16.1 Å². The zero-order chi connectivity index (χ0) is 19.7. The number of para-hydroxylation sites is 1. The Morgan fingerprint density at radius 3 is 2.56 bits per heavy atom. The first kappa shape index (κ1) is 18.5. The van der Waals surface area contributed by atoms with Crippen molar-refractivity contribution in [1.29, 1.82) is 0 Å². The van der Waals surface area contributed by atoms with Crippen molar-refractivity contribution in [2.45, 2.75) is 20.3 Å². The summed E-state index contributed by atoms with van der Waals surface area (Å²) >= 11 is 0. The molecule has 140 valence electrons. The van der Waals surface area contributed by atoms with Gasteiger partial charge in [0.15, 0.2) is 0 Å². The van der Waals surface area contributed by atoms with Crippen molar-refractivity contribution < 1.29 is 13.9 Å². The van der Waals surface area contributed by atoms with Gasteiger partial charge in [-0.1, -0.05) is 18.2 Å². The van der Waals surface area contributed by atoms with Crippen LogP contribution in [-0.2, 0) is 6.42 Å². The second-order valence-corrected chi connectivity index (χ2v) is 6.74. The van der Waals surface area contributed by atoms with Crippen molar-refractivity contribution in [3.63, 3.8) is 0 Å². The number of aryl methyl sites for hydroxylation is 2. The molecule has 0 saturated carbocycles. The molecule has 6 heteroatoms. The fourth-order valence-electron chi connectivity index (χ4n) is 2.91. The Balaban J connectivity index is 2.08. The number of hydrogen-bond donors (Lipinski definition) is 1. The van der Waals surface area contributed by atoms with Gasteiger partial charge in [0.05, 0.1) is 0 Å². The monoisotopic (exact) mass is 366 g/mol. The fraction of sp³-hybridized carbons (Fsp3) is 0.238. The van der Waals surface area contributed by atoms with Crippen LogP contribution in [-0.4, -0.2) is 25.1 Å². The molecule has 2 aromatic carbocycles. The van der Waals surface area contributed by atoms with Gasteiger partial charge in [-0.05, 0) is 42.7 Å². The molecule has 1 amide bonds. The Morgan fingerprint density at radius 2 is 1.89 bits per heavy atom. The van der Waals surface area contributed by atoms with Gasteiger partial charge in [-0.3, -0.25) is 0 Å². The van der Waals surface area contributed by atoms with E-state index in [9.17, 15) is 9.59 Å². The normalized spacial score (nSPS) is 10.8. The molecule has 0 aliphatic rings. The average molecular weight is 366 g/mol. The number of anilines is 1. The topological polar surface area (TPSA) is 85.8 Å². The highest BCUT2D eigenvalue weighted by Gasteiger charge is 2.16. The predicted molar refractivity (Wildman–Crippen MR) is 105 cm³/mol. The first-order chi connectivity index (χ1) is 12.8. The Morgan fingerprint density at radius 1 is 1.19 bits per heavy atom. The number of hydrogen-bond acceptors (Lipinski definition) is 5. The zero-order valence-electron chi connectivity index (χ0n) is 15.8. The van der Waals surface area contributed by atoms with Crippen LogP contribution in [0.15, 0.2) is 45.6 Å². The molecule has 0 atom stereocenters. The minimum atomic E-state index is -0.493. The lowest BCUT2D eigenvalue weighted by molar-refractivity contribution is 0.171. The lowest BCUT2D eigenvalue weighted by atomic mass is 9.98. The summed E-state index contributed by atoms with van der Waals surface area (Å²) in [6, 6.07) is 10.9. The summed E-state index contributed by atoms with van der Waals surface area (Å²) in [5.74, 6) is 0.365. The molecular weight excluding hydrogens is 344 g/mol. The van der Waals surface area contributed by atoms with E-state index in [2.05, 4.69) is 0 Å². The van der Waals surface area contributed by atoms with Gasteiger partial charge in [0, 0.05) is 43.2 Å². The van der Waals surface area contributed by atoms with E-state index in [0.717, 1.165) is 22.1 Å². The Bertz CT molecular complexity index is 1080. The molecule has 27 heavy (non-hydrogen) atoms. The van der Waals surface area contributed by atoms with Gasteiger partial charge in [-0.25, -0.2) is 9.59 Å². The van der Waals surface area contributed by atoms with E-state index in [1.807, 2.05) is 44.2 Å². The van der Waals surface area contributed by atoms with Gasteiger partial charge >= 0.3 is 11.7 Å². The van der Waals surface area contributed by atoms with E-state index < -0.39 is 11.7 Å². The molecular formula is C21H22N2O4. The number of nitrogens with two attached hydrogens (primary N) is 1. The number of amides is 1. The van der Waals surface area contributed by atoms with Gasteiger partial charge < -0.3 is 19.8 Å². The number of nitrogen functional groups attached to an aromatic ring is 1. The smallest absolute Gasteiger partial charge is 0.414 e. The van der Waals surface area contributed by atoms with E-state index in [4.69, 9.17) is 14.9 Å². The minimum Gasteiger partial charge on any atom is -0.422 e. The first-order valence-corrected chi connectivity index (χ1v) is 8.57. The summed E-state index contributed by atoms with van der Waals surface area (Å²) < 4.78 is 10.9. The molecule has 0 aliphatic heterocycles. The number of benzene rings is 2. The fourth-order valence-corrected chi connectivity index (χ4v) is 2.91. The molecule has 3 aromatic rings. The minimum absolute atomic E-state index is 0.365. The molecule has 0 aliphatic carbocycles. The van der Waals surface area contributed by atoms with Crippen LogP contribution in [0.4, 0.5) is 10.5 Å². The molecule has 0 saturated heterocycles. The van der Waals surface area contributed by atoms with Crippen LogP contribution >= 0.6 is 0 Å². The van der Waals surface area contributed by atoms with E-state index >= 15 is 0 Å². The number of carbonyl (C=O) groups is 1. The third-order valence-electron chi connectivity index (χ3n) is 4.57. The second-order valence-electron chi connectivity index (χ2n) is 6.74. The van der Waals surface area contributed by atoms with Crippen molar-refractivity contribution in [2.24, 2.45) is 0 Å². The Kier molecular flexibility index (Phi) is 4.90. The number of carbonyl (C=O) groups excluding carboxylic acids is 1.